The van der Waals surface area contributed by atoms with Gasteiger partial charge >= 0.3 is 0 Å². The van der Waals surface area contributed by atoms with Crippen molar-refractivity contribution in [2.45, 2.75) is 20.3 Å². The lowest BCUT2D eigenvalue weighted by Crippen LogP contribution is -2.05. The molecule has 1 heteroatoms. The van der Waals surface area contributed by atoms with E-state index < -0.39 is 0 Å². The Bertz CT molecular complexity index is 1150. The summed E-state index contributed by atoms with van der Waals surface area (Å²) in [5.41, 5.74) is 10.1. The maximum Gasteiger partial charge on any atom is 0.131 e. The van der Waals surface area contributed by atoms with E-state index in [1.54, 1.807) is 0 Å². The SMILES string of the molecule is Cc1ccc(-c2ccc3c(c2-c2ccc(C)cc2)Cc2ccccc2O3)cc1. The molecular formula is C27H22O. The van der Waals surface area contributed by atoms with Crippen molar-refractivity contribution in [1.82, 2.24) is 0 Å². The molecule has 0 atom stereocenters. The van der Waals surface area contributed by atoms with Gasteiger partial charge < -0.3 is 4.74 Å². The Morgan fingerprint density at radius 3 is 1.96 bits per heavy atom. The molecule has 28 heavy (non-hydrogen) atoms. The Morgan fingerprint density at radius 2 is 1.25 bits per heavy atom. The van der Waals surface area contributed by atoms with Crippen LogP contribution in [0.25, 0.3) is 22.3 Å². The van der Waals surface area contributed by atoms with Gasteiger partial charge in [-0.2, -0.15) is 0 Å². The Kier molecular flexibility index (Phi) is 4.02. The summed E-state index contributed by atoms with van der Waals surface area (Å²) >= 11 is 0. The van der Waals surface area contributed by atoms with Crippen LogP contribution in [0.15, 0.2) is 84.9 Å². The molecule has 1 aliphatic rings. The summed E-state index contributed by atoms with van der Waals surface area (Å²) in [7, 11) is 0. The highest BCUT2D eigenvalue weighted by molar-refractivity contribution is 5.88. The molecule has 0 amide bonds. The monoisotopic (exact) mass is 362 g/mol. The Hall–Kier alpha value is -3.32. The van der Waals surface area contributed by atoms with Crippen LogP contribution in [0.3, 0.4) is 0 Å². The minimum atomic E-state index is 0.883. The van der Waals surface area contributed by atoms with Crippen LogP contribution < -0.4 is 4.74 Å². The summed E-state index contributed by atoms with van der Waals surface area (Å²) in [6.45, 7) is 4.26. The quantitative estimate of drug-likeness (QED) is 0.319. The van der Waals surface area contributed by atoms with Crippen molar-refractivity contribution in [2.75, 3.05) is 0 Å². The van der Waals surface area contributed by atoms with Gasteiger partial charge in [0, 0.05) is 12.0 Å². The first-order valence-corrected chi connectivity index (χ1v) is 9.75. The molecule has 4 aromatic rings. The molecule has 1 heterocycles. The predicted molar refractivity (Wildman–Crippen MR) is 116 cm³/mol. The fraction of sp³-hybridized carbons (Fsp3) is 0.111. The molecule has 136 valence electrons. The first kappa shape index (κ1) is 16.8. The molecule has 0 radical (unpaired) electrons. The van der Waals surface area contributed by atoms with E-state index in [0.29, 0.717) is 0 Å². The minimum absolute atomic E-state index is 0.883. The van der Waals surface area contributed by atoms with Gasteiger partial charge in [-0.15, -0.1) is 0 Å². The fourth-order valence-corrected chi connectivity index (χ4v) is 3.98. The number of benzene rings is 4. The number of ether oxygens (including phenoxy) is 1. The second-order valence-corrected chi connectivity index (χ2v) is 7.58. The van der Waals surface area contributed by atoms with E-state index in [1.165, 1.54) is 44.5 Å². The molecular weight excluding hydrogens is 340 g/mol. The molecule has 0 saturated carbocycles. The molecule has 0 N–H and O–H groups in total. The number of hydrogen-bond donors (Lipinski definition) is 0. The van der Waals surface area contributed by atoms with Gasteiger partial charge in [0.05, 0.1) is 0 Å². The molecule has 0 spiro atoms. The molecule has 0 saturated heterocycles. The molecule has 1 aliphatic heterocycles. The van der Waals surface area contributed by atoms with Crippen molar-refractivity contribution in [2.24, 2.45) is 0 Å². The van der Waals surface area contributed by atoms with E-state index in [1.807, 2.05) is 6.07 Å². The van der Waals surface area contributed by atoms with Gasteiger partial charge in [0.1, 0.15) is 11.5 Å². The maximum atomic E-state index is 6.27. The van der Waals surface area contributed by atoms with Crippen LogP contribution in [-0.2, 0) is 6.42 Å². The highest BCUT2D eigenvalue weighted by Crippen LogP contribution is 2.45. The normalized spacial score (nSPS) is 12.1. The summed E-state index contributed by atoms with van der Waals surface area (Å²) in [5, 5.41) is 0. The molecule has 0 aromatic heterocycles. The summed E-state index contributed by atoms with van der Waals surface area (Å²) < 4.78 is 6.27. The number of fused-ring (bicyclic) bond motifs is 2. The van der Waals surface area contributed by atoms with Crippen LogP contribution in [0.4, 0.5) is 0 Å². The van der Waals surface area contributed by atoms with Crippen molar-refractivity contribution in [1.29, 1.82) is 0 Å². The largest absolute Gasteiger partial charge is 0.457 e. The minimum Gasteiger partial charge on any atom is -0.457 e. The van der Waals surface area contributed by atoms with Gasteiger partial charge in [0.2, 0.25) is 0 Å². The fourth-order valence-electron chi connectivity index (χ4n) is 3.98. The smallest absolute Gasteiger partial charge is 0.131 e. The zero-order valence-corrected chi connectivity index (χ0v) is 16.2. The van der Waals surface area contributed by atoms with Crippen molar-refractivity contribution in [3.05, 3.63) is 107 Å². The first-order valence-electron chi connectivity index (χ1n) is 9.75. The molecule has 0 fully saturated rings. The second-order valence-electron chi connectivity index (χ2n) is 7.58. The average Bonchev–Trinajstić information content (AvgIpc) is 2.73. The Labute approximate surface area is 166 Å². The summed E-state index contributed by atoms with van der Waals surface area (Å²) in [6, 6.07) is 30.3. The predicted octanol–water partition coefficient (Wildman–Crippen LogP) is 7.33. The van der Waals surface area contributed by atoms with Crippen LogP contribution >= 0.6 is 0 Å². The zero-order valence-electron chi connectivity index (χ0n) is 16.2. The summed E-state index contributed by atoms with van der Waals surface area (Å²) in [5.74, 6) is 1.93. The lowest BCUT2D eigenvalue weighted by atomic mass is 9.86. The van der Waals surface area contributed by atoms with Crippen molar-refractivity contribution in [3.63, 3.8) is 0 Å². The highest BCUT2D eigenvalue weighted by atomic mass is 16.5. The Morgan fingerprint density at radius 1 is 0.607 bits per heavy atom. The maximum absolute atomic E-state index is 6.27. The van der Waals surface area contributed by atoms with Crippen molar-refractivity contribution in [3.8, 4) is 33.8 Å². The molecule has 4 aromatic carbocycles. The summed E-state index contributed by atoms with van der Waals surface area (Å²) in [6.07, 6.45) is 0.883. The zero-order chi connectivity index (χ0) is 19.1. The lowest BCUT2D eigenvalue weighted by molar-refractivity contribution is 0.460. The van der Waals surface area contributed by atoms with E-state index in [-0.39, 0.29) is 0 Å². The highest BCUT2D eigenvalue weighted by Gasteiger charge is 2.23. The topological polar surface area (TPSA) is 9.23 Å². The van der Waals surface area contributed by atoms with Crippen LogP contribution in [0.1, 0.15) is 22.3 Å². The number of rotatable bonds is 2. The number of para-hydroxylation sites is 1. The van der Waals surface area contributed by atoms with Gasteiger partial charge in [-0.3, -0.25) is 0 Å². The molecule has 0 unspecified atom stereocenters. The average molecular weight is 362 g/mol. The van der Waals surface area contributed by atoms with Gasteiger partial charge in [-0.1, -0.05) is 83.9 Å². The van der Waals surface area contributed by atoms with E-state index >= 15 is 0 Å². The molecule has 5 rings (SSSR count). The molecule has 0 aliphatic carbocycles. The first-order chi connectivity index (χ1) is 13.7. The van der Waals surface area contributed by atoms with Gasteiger partial charge in [0.15, 0.2) is 0 Å². The van der Waals surface area contributed by atoms with Gasteiger partial charge in [-0.25, -0.2) is 0 Å². The van der Waals surface area contributed by atoms with E-state index in [2.05, 4.69) is 92.7 Å². The third-order valence-electron chi connectivity index (χ3n) is 5.53. The van der Waals surface area contributed by atoms with Crippen LogP contribution in [0.5, 0.6) is 11.5 Å². The van der Waals surface area contributed by atoms with E-state index in [0.717, 1.165) is 17.9 Å². The molecule has 0 bridgehead atoms. The summed E-state index contributed by atoms with van der Waals surface area (Å²) in [4.78, 5) is 0. The van der Waals surface area contributed by atoms with E-state index in [4.69, 9.17) is 4.74 Å². The number of aryl methyl sites for hydroxylation is 2. The van der Waals surface area contributed by atoms with Crippen LogP contribution in [0.2, 0.25) is 0 Å². The van der Waals surface area contributed by atoms with Gasteiger partial charge in [0.25, 0.3) is 0 Å². The van der Waals surface area contributed by atoms with Gasteiger partial charge in [-0.05, 0) is 53.8 Å². The third-order valence-corrected chi connectivity index (χ3v) is 5.53. The second kappa shape index (κ2) is 6.69. The van der Waals surface area contributed by atoms with E-state index in [9.17, 15) is 0 Å². The third kappa shape index (κ3) is 2.90. The van der Waals surface area contributed by atoms with Crippen LogP contribution in [0, 0.1) is 13.8 Å². The number of hydrogen-bond acceptors (Lipinski definition) is 1. The van der Waals surface area contributed by atoms with Crippen molar-refractivity contribution < 1.29 is 4.74 Å². The molecule has 1 nitrogen and oxygen atoms in total. The van der Waals surface area contributed by atoms with Crippen LogP contribution in [-0.4, -0.2) is 0 Å². The lowest BCUT2D eigenvalue weighted by Gasteiger charge is -2.25. The Balaban J connectivity index is 1.75. The van der Waals surface area contributed by atoms with Crippen molar-refractivity contribution >= 4 is 0 Å². The standard InChI is InChI=1S/C27H22O/c1-18-7-11-20(12-8-18)23-15-16-26-24(17-22-5-3-4-6-25(22)28-26)27(23)21-13-9-19(2)10-14-21/h3-16H,17H2,1-2H3.